The fraction of sp³-hybridized carbons (Fsp3) is 0.333. The molecular weight excluding hydrogens is 334 g/mol. The van der Waals surface area contributed by atoms with E-state index < -0.39 is 0 Å². The van der Waals surface area contributed by atoms with Crippen molar-refractivity contribution in [1.29, 1.82) is 0 Å². The maximum absolute atomic E-state index is 12.2. The molecule has 1 aliphatic rings. The van der Waals surface area contributed by atoms with Gasteiger partial charge in [-0.25, -0.2) is 15.0 Å². The molecule has 1 aliphatic heterocycles. The number of thiazole rings is 1. The molecule has 3 aromatic heterocycles. The van der Waals surface area contributed by atoms with Gasteiger partial charge in [-0.05, 0) is 45.0 Å². The molecule has 1 saturated heterocycles. The molecule has 25 heavy (non-hydrogen) atoms. The van der Waals surface area contributed by atoms with Crippen LogP contribution in [0.1, 0.15) is 17.8 Å². The number of carbonyl (C=O) groups is 1. The van der Waals surface area contributed by atoms with Crippen LogP contribution in [0.4, 0.5) is 5.82 Å². The van der Waals surface area contributed by atoms with Gasteiger partial charge in [-0.2, -0.15) is 0 Å². The summed E-state index contributed by atoms with van der Waals surface area (Å²) in [7, 11) is 0. The Hall–Kier alpha value is -2.38. The maximum atomic E-state index is 12.2. The van der Waals surface area contributed by atoms with Gasteiger partial charge in [-0.1, -0.05) is 0 Å². The summed E-state index contributed by atoms with van der Waals surface area (Å²) in [6, 6.07) is 5.80. The van der Waals surface area contributed by atoms with Gasteiger partial charge in [0.25, 0.3) is 0 Å². The largest absolute Gasteiger partial charge is 0.310 e. The molecule has 0 bridgehead atoms. The maximum Gasteiger partial charge on any atom is 0.239 e. The van der Waals surface area contributed by atoms with Gasteiger partial charge < -0.3 is 5.32 Å². The van der Waals surface area contributed by atoms with Gasteiger partial charge in [0.2, 0.25) is 5.91 Å². The number of pyridine rings is 2. The summed E-state index contributed by atoms with van der Waals surface area (Å²) in [5.74, 6) is 0.518. The van der Waals surface area contributed by atoms with Crippen LogP contribution in [0, 0.1) is 6.92 Å². The van der Waals surface area contributed by atoms with Crippen molar-refractivity contribution in [1.82, 2.24) is 19.9 Å². The van der Waals surface area contributed by atoms with E-state index in [4.69, 9.17) is 4.98 Å². The zero-order valence-electron chi connectivity index (χ0n) is 14.0. The van der Waals surface area contributed by atoms with E-state index in [9.17, 15) is 4.79 Å². The van der Waals surface area contributed by atoms with Crippen molar-refractivity contribution in [2.75, 3.05) is 25.0 Å². The minimum Gasteiger partial charge on any atom is -0.310 e. The third kappa shape index (κ3) is 3.67. The summed E-state index contributed by atoms with van der Waals surface area (Å²) in [6.07, 6.45) is 5.93. The van der Waals surface area contributed by atoms with Crippen molar-refractivity contribution >= 4 is 34.0 Å². The van der Waals surface area contributed by atoms with Gasteiger partial charge in [0, 0.05) is 23.8 Å². The highest BCUT2D eigenvalue weighted by molar-refractivity contribution is 7.15. The number of nitrogens with one attached hydrogen (secondary N) is 1. The van der Waals surface area contributed by atoms with Gasteiger partial charge in [0.15, 0.2) is 0 Å². The number of aromatic nitrogens is 3. The quantitative estimate of drug-likeness (QED) is 0.780. The molecule has 0 atom stereocenters. The van der Waals surface area contributed by atoms with Crippen LogP contribution in [-0.2, 0) is 4.79 Å². The lowest BCUT2D eigenvalue weighted by atomic mass is 10.2. The highest BCUT2D eigenvalue weighted by Crippen LogP contribution is 2.26. The molecule has 1 N–H and O–H groups in total. The van der Waals surface area contributed by atoms with Crippen LogP contribution in [-0.4, -0.2) is 45.4 Å². The van der Waals surface area contributed by atoms with Crippen molar-refractivity contribution < 1.29 is 4.79 Å². The summed E-state index contributed by atoms with van der Waals surface area (Å²) >= 11 is 1.62. The molecule has 0 aromatic carbocycles. The number of rotatable bonds is 4. The molecule has 6 nitrogen and oxygen atoms in total. The Bertz CT molecular complexity index is 917. The Balaban J connectivity index is 1.54. The van der Waals surface area contributed by atoms with Crippen LogP contribution >= 0.6 is 11.3 Å². The van der Waals surface area contributed by atoms with Crippen molar-refractivity contribution in [2.45, 2.75) is 19.8 Å². The Morgan fingerprint density at radius 2 is 2.08 bits per heavy atom. The Kier molecular flexibility index (Phi) is 4.42. The molecule has 1 fully saturated rings. The zero-order chi connectivity index (χ0) is 17.2. The molecule has 128 valence electrons. The first kappa shape index (κ1) is 16.1. The first-order valence-electron chi connectivity index (χ1n) is 8.39. The van der Waals surface area contributed by atoms with E-state index in [0.29, 0.717) is 12.4 Å². The standard InChI is InChI=1S/C18H19N5OS/c1-12-19-10-16(25-12)14-5-4-13-9-20-17(8-15(13)21-14)22-18(24)11-23-6-2-3-7-23/h4-5,8-10H,2-3,6-7,11H2,1H3,(H,20,22,24). The number of aryl methyl sites for hydroxylation is 1. The smallest absolute Gasteiger partial charge is 0.239 e. The normalized spacial score (nSPS) is 14.9. The lowest BCUT2D eigenvalue weighted by Gasteiger charge is -2.13. The van der Waals surface area contributed by atoms with Crippen molar-refractivity contribution in [3.63, 3.8) is 0 Å². The number of anilines is 1. The van der Waals surface area contributed by atoms with Crippen LogP contribution in [0.15, 0.2) is 30.6 Å². The molecular formula is C18H19N5OS. The van der Waals surface area contributed by atoms with Crippen LogP contribution < -0.4 is 5.32 Å². The van der Waals surface area contributed by atoms with Gasteiger partial charge in [0.05, 0.1) is 27.6 Å². The predicted molar refractivity (Wildman–Crippen MR) is 99.7 cm³/mol. The van der Waals surface area contributed by atoms with Crippen molar-refractivity contribution in [3.8, 4) is 10.6 Å². The summed E-state index contributed by atoms with van der Waals surface area (Å²) in [5.41, 5.74) is 1.70. The lowest BCUT2D eigenvalue weighted by molar-refractivity contribution is -0.117. The summed E-state index contributed by atoms with van der Waals surface area (Å²) in [4.78, 5) is 28.7. The lowest BCUT2D eigenvalue weighted by Crippen LogP contribution is -2.31. The first-order chi connectivity index (χ1) is 12.2. The van der Waals surface area contributed by atoms with Gasteiger partial charge in [-0.15, -0.1) is 11.3 Å². The number of hydrogen-bond acceptors (Lipinski definition) is 6. The van der Waals surface area contributed by atoms with E-state index in [1.54, 1.807) is 17.5 Å². The molecule has 0 radical (unpaired) electrons. The highest BCUT2D eigenvalue weighted by atomic mass is 32.1. The molecule has 0 saturated carbocycles. The summed E-state index contributed by atoms with van der Waals surface area (Å²) < 4.78 is 0. The SMILES string of the molecule is Cc1ncc(-c2ccc3cnc(NC(=O)CN4CCCC4)cc3n2)s1. The molecule has 0 unspecified atom stereocenters. The van der Waals surface area contributed by atoms with Crippen molar-refractivity contribution in [3.05, 3.63) is 35.6 Å². The number of nitrogens with zero attached hydrogens (tertiary/aromatic N) is 4. The third-order valence-corrected chi connectivity index (χ3v) is 5.22. The average Bonchev–Trinajstić information content (AvgIpc) is 3.26. The van der Waals surface area contributed by atoms with E-state index in [2.05, 4.69) is 20.2 Å². The Labute approximate surface area is 149 Å². The second-order valence-electron chi connectivity index (χ2n) is 6.23. The van der Waals surface area contributed by atoms with E-state index in [1.165, 1.54) is 12.8 Å². The minimum atomic E-state index is -0.0250. The monoisotopic (exact) mass is 353 g/mol. The van der Waals surface area contributed by atoms with Gasteiger partial charge in [-0.3, -0.25) is 9.69 Å². The molecule has 3 aromatic rings. The first-order valence-corrected chi connectivity index (χ1v) is 9.21. The minimum absolute atomic E-state index is 0.0250. The predicted octanol–water partition coefficient (Wildman–Crippen LogP) is 3.10. The topological polar surface area (TPSA) is 71.0 Å². The molecule has 4 heterocycles. The number of carbonyl (C=O) groups excluding carboxylic acids is 1. The second-order valence-corrected chi connectivity index (χ2v) is 7.47. The number of likely N-dealkylation sites (tertiary alicyclic amines) is 1. The van der Waals surface area contributed by atoms with Crippen molar-refractivity contribution in [2.24, 2.45) is 0 Å². The van der Waals surface area contributed by atoms with E-state index >= 15 is 0 Å². The molecule has 0 spiro atoms. The van der Waals surface area contributed by atoms with Gasteiger partial charge in [0.1, 0.15) is 5.82 Å². The number of fused-ring (bicyclic) bond motifs is 1. The molecule has 7 heteroatoms. The fourth-order valence-electron chi connectivity index (χ4n) is 3.03. The summed E-state index contributed by atoms with van der Waals surface area (Å²) in [5, 5.41) is 4.84. The molecule has 1 amide bonds. The average molecular weight is 353 g/mol. The number of amides is 1. The molecule has 0 aliphatic carbocycles. The molecule has 4 rings (SSSR count). The fourth-order valence-corrected chi connectivity index (χ4v) is 3.78. The van der Waals surface area contributed by atoms with E-state index in [1.807, 2.05) is 31.3 Å². The summed E-state index contributed by atoms with van der Waals surface area (Å²) in [6.45, 7) is 4.40. The zero-order valence-corrected chi connectivity index (χ0v) is 14.8. The van der Waals surface area contributed by atoms with Crippen LogP contribution in [0.2, 0.25) is 0 Å². The van der Waals surface area contributed by atoms with E-state index in [-0.39, 0.29) is 5.91 Å². The van der Waals surface area contributed by atoms with Crippen LogP contribution in [0.25, 0.3) is 21.5 Å². The van der Waals surface area contributed by atoms with E-state index in [0.717, 1.165) is 39.6 Å². The highest BCUT2D eigenvalue weighted by Gasteiger charge is 2.15. The third-order valence-electron chi connectivity index (χ3n) is 4.28. The van der Waals surface area contributed by atoms with Crippen LogP contribution in [0.5, 0.6) is 0 Å². The second kappa shape index (κ2) is 6.85. The Morgan fingerprint density at radius 1 is 1.24 bits per heavy atom. The van der Waals surface area contributed by atoms with Crippen LogP contribution in [0.3, 0.4) is 0 Å². The Morgan fingerprint density at radius 3 is 2.84 bits per heavy atom. The number of hydrogen-bond donors (Lipinski definition) is 1. The van der Waals surface area contributed by atoms with Gasteiger partial charge >= 0.3 is 0 Å².